The number of fused-ring (bicyclic) bond motifs is 3. The van der Waals surface area contributed by atoms with Crippen LogP contribution in [0.4, 0.5) is 0 Å². The first-order valence-corrected chi connectivity index (χ1v) is 11.5. The number of hydrogen-bond donors (Lipinski definition) is 2. The van der Waals surface area contributed by atoms with Gasteiger partial charge in [0.25, 0.3) is 0 Å². The van der Waals surface area contributed by atoms with Crippen molar-refractivity contribution in [1.82, 2.24) is 20.4 Å². The van der Waals surface area contributed by atoms with Crippen molar-refractivity contribution in [2.45, 2.75) is 32.9 Å². The summed E-state index contributed by atoms with van der Waals surface area (Å²) in [5, 5.41) is 6.96. The first kappa shape index (κ1) is 24.5. The molecule has 7 nitrogen and oxygen atoms in total. The van der Waals surface area contributed by atoms with Gasteiger partial charge >= 0.3 is 0 Å². The van der Waals surface area contributed by atoms with Crippen LogP contribution in [0.15, 0.2) is 23.2 Å². The molecule has 4 fully saturated rings. The van der Waals surface area contributed by atoms with Crippen LogP contribution in [0.25, 0.3) is 0 Å². The van der Waals surface area contributed by atoms with Gasteiger partial charge in [-0.2, -0.15) is 0 Å². The third-order valence-corrected chi connectivity index (χ3v) is 6.37. The standard InChI is InChI=1S/C23H37N5O2.HI/c1-3-24-23(26-14-21-15-27-7-9-28(21)10-8-27)25-13-20-5-4-18(2)12-22(20)30-17-19-6-11-29-16-19;/h4-5,12,19,21H,3,6-11,13-17H2,1-2H3,(H2,24,25,26);1H. The van der Waals surface area contributed by atoms with Crippen LogP contribution in [0.1, 0.15) is 24.5 Å². The maximum atomic E-state index is 6.18. The minimum Gasteiger partial charge on any atom is -0.493 e. The van der Waals surface area contributed by atoms with Gasteiger partial charge in [0.15, 0.2) is 5.96 Å². The van der Waals surface area contributed by atoms with Gasteiger partial charge in [0, 0.05) is 69.9 Å². The number of aliphatic imine (C=N–C) groups is 1. The smallest absolute Gasteiger partial charge is 0.191 e. The summed E-state index contributed by atoms with van der Waals surface area (Å²) in [4.78, 5) is 10.0. The topological polar surface area (TPSA) is 61.4 Å². The van der Waals surface area contributed by atoms with E-state index in [1.807, 2.05) is 0 Å². The van der Waals surface area contributed by atoms with Gasteiger partial charge in [0.2, 0.25) is 0 Å². The predicted octanol–water partition coefficient (Wildman–Crippen LogP) is 2.08. The van der Waals surface area contributed by atoms with Crippen LogP contribution in [0.2, 0.25) is 0 Å². The van der Waals surface area contributed by atoms with Crippen LogP contribution in [-0.2, 0) is 11.3 Å². The Hall–Kier alpha value is -1.10. The molecule has 4 heterocycles. The molecule has 4 aliphatic heterocycles. The molecule has 0 radical (unpaired) electrons. The molecule has 1 aromatic rings. The van der Waals surface area contributed by atoms with Crippen LogP contribution in [-0.4, -0.2) is 87.4 Å². The molecule has 4 aliphatic rings. The zero-order chi connectivity index (χ0) is 20.8. The molecule has 5 rings (SSSR count). The molecule has 2 unspecified atom stereocenters. The molecule has 31 heavy (non-hydrogen) atoms. The Kier molecular flexibility index (Phi) is 9.68. The summed E-state index contributed by atoms with van der Waals surface area (Å²) < 4.78 is 11.7. The summed E-state index contributed by atoms with van der Waals surface area (Å²) in [6.45, 7) is 15.0. The second-order valence-corrected chi connectivity index (χ2v) is 8.72. The number of guanidine groups is 1. The van der Waals surface area contributed by atoms with E-state index in [-0.39, 0.29) is 24.0 Å². The highest BCUT2D eigenvalue weighted by Crippen LogP contribution is 2.23. The molecule has 8 heteroatoms. The number of rotatable bonds is 8. The van der Waals surface area contributed by atoms with E-state index in [0.29, 0.717) is 25.1 Å². The largest absolute Gasteiger partial charge is 0.493 e. The van der Waals surface area contributed by atoms with E-state index >= 15 is 0 Å². The summed E-state index contributed by atoms with van der Waals surface area (Å²) in [7, 11) is 0. The number of nitrogens with zero attached hydrogens (tertiary/aromatic N) is 3. The monoisotopic (exact) mass is 543 g/mol. The van der Waals surface area contributed by atoms with Crippen molar-refractivity contribution in [1.29, 1.82) is 0 Å². The zero-order valence-corrected chi connectivity index (χ0v) is 21.3. The lowest BCUT2D eigenvalue weighted by molar-refractivity contribution is 0.0154. The Morgan fingerprint density at radius 2 is 2.06 bits per heavy atom. The molecule has 0 amide bonds. The van der Waals surface area contributed by atoms with Crippen LogP contribution in [0, 0.1) is 12.8 Å². The molecular formula is C23H38IN5O2. The summed E-state index contributed by atoms with van der Waals surface area (Å²) >= 11 is 0. The fourth-order valence-electron chi connectivity index (χ4n) is 4.49. The molecule has 1 aromatic carbocycles. The fourth-order valence-corrected chi connectivity index (χ4v) is 4.49. The molecule has 0 spiro atoms. The highest BCUT2D eigenvalue weighted by Gasteiger charge is 2.31. The van der Waals surface area contributed by atoms with E-state index in [1.165, 1.54) is 31.7 Å². The number of ether oxygens (including phenoxy) is 2. The number of benzene rings is 1. The van der Waals surface area contributed by atoms with Gasteiger partial charge < -0.3 is 20.1 Å². The number of nitrogens with one attached hydrogen (secondary N) is 2. The van der Waals surface area contributed by atoms with Crippen molar-refractivity contribution in [2.75, 3.05) is 65.6 Å². The van der Waals surface area contributed by atoms with Crippen LogP contribution in [0.5, 0.6) is 5.75 Å². The Labute approximate surface area is 204 Å². The molecule has 0 aromatic heterocycles. The lowest BCUT2D eigenvalue weighted by Crippen LogP contribution is -2.63. The van der Waals surface area contributed by atoms with Gasteiger partial charge in [-0.25, -0.2) is 4.99 Å². The first-order valence-electron chi connectivity index (χ1n) is 11.5. The van der Waals surface area contributed by atoms with E-state index in [4.69, 9.17) is 14.5 Å². The van der Waals surface area contributed by atoms with Gasteiger partial charge in [-0.15, -0.1) is 24.0 Å². The van der Waals surface area contributed by atoms with Crippen LogP contribution >= 0.6 is 24.0 Å². The normalized spacial score (nSPS) is 27.6. The van der Waals surface area contributed by atoms with Gasteiger partial charge in [-0.05, 0) is 31.9 Å². The van der Waals surface area contributed by atoms with Gasteiger partial charge in [-0.3, -0.25) is 9.80 Å². The predicted molar refractivity (Wildman–Crippen MR) is 136 cm³/mol. The molecule has 174 valence electrons. The van der Waals surface area contributed by atoms with Crippen molar-refractivity contribution in [3.8, 4) is 5.75 Å². The third kappa shape index (κ3) is 6.94. The summed E-state index contributed by atoms with van der Waals surface area (Å²) in [5.41, 5.74) is 2.34. The second kappa shape index (κ2) is 12.2. The SMILES string of the molecule is CCNC(=NCc1ccc(C)cc1OCC1CCOC1)NCC1CN2CCN1CC2.I. The van der Waals surface area contributed by atoms with Gasteiger partial charge in [0.05, 0.1) is 19.8 Å². The highest BCUT2D eigenvalue weighted by atomic mass is 127. The van der Waals surface area contributed by atoms with E-state index in [1.54, 1.807) is 0 Å². The van der Waals surface area contributed by atoms with E-state index in [0.717, 1.165) is 56.5 Å². The van der Waals surface area contributed by atoms with Crippen LogP contribution < -0.4 is 15.4 Å². The lowest BCUT2D eigenvalue weighted by Gasteiger charge is -2.47. The number of piperazine rings is 3. The number of halogens is 1. The van der Waals surface area contributed by atoms with E-state index in [2.05, 4.69) is 52.5 Å². The Bertz CT molecular complexity index is 718. The van der Waals surface area contributed by atoms with Crippen molar-refractivity contribution in [3.63, 3.8) is 0 Å². The van der Waals surface area contributed by atoms with E-state index in [9.17, 15) is 0 Å². The third-order valence-electron chi connectivity index (χ3n) is 6.37. The molecule has 0 saturated carbocycles. The Balaban J connectivity index is 0.00000272. The van der Waals surface area contributed by atoms with Crippen molar-refractivity contribution >= 4 is 29.9 Å². The summed E-state index contributed by atoms with van der Waals surface area (Å²) in [6, 6.07) is 6.98. The summed E-state index contributed by atoms with van der Waals surface area (Å²) in [6.07, 6.45) is 1.09. The summed E-state index contributed by atoms with van der Waals surface area (Å²) in [5.74, 6) is 2.33. The van der Waals surface area contributed by atoms with Gasteiger partial charge in [-0.1, -0.05) is 12.1 Å². The average Bonchev–Trinajstić information content (AvgIpc) is 3.29. The number of aryl methyl sites for hydroxylation is 1. The van der Waals surface area contributed by atoms with E-state index < -0.39 is 0 Å². The maximum absolute atomic E-state index is 6.18. The van der Waals surface area contributed by atoms with Gasteiger partial charge in [0.1, 0.15) is 5.75 Å². The Morgan fingerprint density at radius 1 is 1.23 bits per heavy atom. The number of hydrogen-bond acceptors (Lipinski definition) is 5. The molecule has 4 saturated heterocycles. The first-order chi connectivity index (χ1) is 14.7. The van der Waals surface area contributed by atoms with Crippen LogP contribution in [0.3, 0.4) is 0 Å². The molecule has 0 aliphatic carbocycles. The van der Waals surface area contributed by atoms with Crippen molar-refractivity contribution in [3.05, 3.63) is 29.3 Å². The second-order valence-electron chi connectivity index (χ2n) is 8.72. The maximum Gasteiger partial charge on any atom is 0.191 e. The quantitative estimate of drug-likeness (QED) is 0.298. The average molecular weight is 543 g/mol. The fraction of sp³-hybridized carbons (Fsp3) is 0.696. The zero-order valence-electron chi connectivity index (χ0n) is 18.9. The minimum atomic E-state index is 0. The van der Waals surface area contributed by atoms with Crippen molar-refractivity contribution in [2.24, 2.45) is 10.9 Å². The Morgan fingerprint density at radius 3 is 2.74 bits per heavy atom. The minimum absolute atomic E-state index is 0. The molecule has 2 bridgehead atoms. The molecular weight excluding hydrogens is 505 g/mol. The molecule has 2 atom stereocenters. The lowest BCUT2D eigenvalue weighted by atomic mass is 10.1. The highest BCUT2D eigenvalue weighted by molar-refractivity contribution is 14.0. The molecule has 2 N–H and O–H groups in total. The van der Waals surface area contributed by atoms with Crippen molar-refractivity contribution < 1.29 is 9.47 Å².